The largest absolute Gasteiger partial charge is 0.481 e. The maximum Gasteiger partial charge on any atom is 0.303 e. The Kier molecular flexibility index (Phi) is 5.61. The molecule has 0 aliphatic rings. The molecule has 0 aliphatic carbocycles. The molecule has 1 aromatic rings. The van der Waals surface area contributed by atoms with E-state index in [2.05, 4.69) is 4.72 Å². The van der Waals surface area contributed by atoms with Gasteiger partial charge in [-0.3, -0.25) is 4.79 Å². The first-order valence-electron chi connectivity index (χ1n) is 5.89. The van der Waals surface area contributed by atoms with Crippen LogP contribution in [0, 0.1) is 5.82 Å². The highest BCUT2D eigenvalue weighted by molar-refractivity contribution is 7.87. The fraction of sp³-hybridized carbons (Fsp3) is 0.417. The molecule has 1 atom stereocenters. The molecule has 8 heteroatoms. The Morgan fingerprint density at radius 3 is 2.35 bits per heavy atom. The van der Waals surface area contributed by atoms with Gasteiger partial charge < -0.3 is 5.11 Å². The molecule has 0 aromatic heterocycles. The predicted molar refractivity (Wildman–Crippen MR) is 71.8 cm³/mol. The van der Waals surface area contributed by atoms with E-state index in [-0.39, 0.29) is 12.8 Å². The molecule has 2 N–H and O–H groups in total. The van der Waals surface area contributed by atoms with E-state index in [4.69, 9.17) is 5.11 Å². The van der Waals surface area contributed by atoms with Crippen molar-refractivity contribution in [1.82, 2.24) is 9.03 Å². The maximum atomic E-state index is 12.9. The summed E-state index contributed by atoms with van der Waals surface area (Å²) in [5, 5.41) is 8.71. The summed E-state index contributed by atoms with van der Waals surface area (Å²) in [5.74, 6) is -1.47. The molecule has 0 saturated heterocycles. The van der Waals surface area contributed by atoms with Gasteiger partial charge in [-0.1, -0.05) is 12.1 Å². The zero-order chi connectivity index (χ0) is 15.3. The van der Waals surface area contributed by atoms with Crippen LogP contribution in [0.3, 0.4) is 0 Å². The van der Waals surface area contributed by atoms with Crippen LogP contribution in [-0.2, 0) is 15.0 Å². The van der Waals surface area contributed by atoms with Crippen LogP contribution in [0.1, 0.15) is 24.4 Å². The third kappa shape index (κ3) is 4.87. The maximum absolute atomic E-state index is 12.9. The average Bonchev–Trinajstić information content (AvgIpc) is 2.35. The lowest BCUT2D eigenvalue weighted by atomic mass is 10.0. The number of benzene rings is 1. The highest BCUT2D eigenvalue weighted by Crippen LogP contribution is 2.20. The first-order valence-corrected chi connectivity index (χ1v) is 7.33. The van der Waals surface area contributed by atoms with E-state index in [1.807, 2.05) is 0 Å². The van der Waals surface area contributed by atoms with Crippen molar-refractivity contribution < 1.29 is 22.7 Å². The van der Waals surface area contributed by atoms with Gasteiger partial charge >= 0.3 is 5.97 Å². The second-order valence-electron chi connectivity index (χ2n) is 4.44. The van der Waals surface area contributed by atoms with Gasteiger partial charge in [0, 0.05) is 26.6 Å². The first-order chi connectivity index (χ1) is 9.22. The van der Waals surface area contributed by atoms with Crippen molar-refractivity contribution in [3.05, 3.63) is 35.6 Å². The topological polar surface area (TPSA) is 86.7 Å². The molecule has 1 rings (SSSR count). The van der Waals surface area contributed by atoms with Crippen LogP contribution in [0.25, 0.3) is 0 Å². The standard InChI is InChI=1S/C12H17FN2O4S/c1-15(2)20(18,19)14-11(7-8-12(16)17)9-3-5-10(13)6-4-9/h3-6,11,14H,7-8H2,1-2H3,(H,16,17). The minimum atomic E-state index is -3.71. The van der Waals surface area contributed by atoms with Crippen LogP contribution in [0.4, 0.5) is 4.39 Å². The molecule has 0 amide bonds. The van der Waals surface area contributed by atoms with Gasteiger partial charge in [0.2, 0.25) is 0 Å². The summed E-state index contributed by atoms with van der Waals surface area (Å²) in [6.07, 6.45) is -0.119. The van der Waals surface area contributed by atoms with Crippen molar-refractivity contribution in [1.29, 1.82) is 0 Å². The van der Waals surface area contributed by atoms with Crippen molar-refractivity contribution in [3.63, 3.8) is 0 Å². The number of aliphatic carboxylic acids is 1. The second kappa shape index (κ2) is 6.78. The molecule has 1 unspecified atom stereocenters. The molecule has 20 heavy (non-hydrogen) atoms. The smallest absolute Gasteiger partial charge is 0.303 e. The Hall–Kier alpha value is -1.51. The van der Waals surface area contributed by atoms with Crippen molar-refractivity contribution in [3.8, 4) is 0 Å². The fourth-order valence-electron chi connectivity index (χ4n) is 1.54. The Morgan fingerprint density at radius 1 is 1.35 bits per heavy atom. The van der Waals surface area contributed by atoms with E-state index in [0.717, 1.165) is 4.31 Å². The number of carboxylic acid groups (broad SMARTS) is 1. The number of rotatable bonds is 7. The van der Waals surface area contributed by atoms with Gasteiger partial charge in [0.25, 0.3) is 10.2 Å². The van der Waals surface area contributed by atoms with E-state index in [1.54, 1.807) is 0 Å². The van der Waals surface area contributed by atoms with Crippen LogP contribution in [0.2, 0.25) is 0 Å². The highest BCUT2D eigenvalue weighted by atomic mass is 32.2. The van der Waals surface area contributed by atoms with E-state index in [9.17, 15) is 17.6 Å². The van der Waals surface area contributed by atoms with Gasteiger partial charge in [0.15, 0.2) is 0 Å². The molecule has 0 radical (unpaired) electrons. The van der Waals surface area contributed by atoms with E-state index in [0.29, 0.717) is 5.56 Å². The Labute approximate surface area is 117 Å². The molecule has 6 nitrogen and oxygen atoms in total. The number of nitrogens with one attached hydrogen (secondary N) is 1. The van der Waals surface area contributed by atoms with Crippen LogP contribution in [0.15, 0.2) is 24.3 Å². The molecule has 1 aromatic carbocycles. The lowest BCUT2D eigenvalue weighted by Gasteiger charge is -2.21. The van der Waals surface area contributed by atoms with Crippen LogP contribution >= 0.6 is 0 Å². The molecule has 112 valence electrons. The Balaban J connectivity index is 2.96. The predicted octanol–water partition coefficient (Wildman–Crippen LogP) is 1.13. The first kappa shape index (κ1) is 16.5. The number of halogens is 1. The molecule has 0 bridgehead atoms. The monoisotopic (exact) mass is 304 g/mol. The summed E-state index contributed by atoms with van der Waals surface area (Å²) >= 11 is 0. The number of hydrogen-bond acceptors (Lipinski definition) is 3. The molecule has 0 saturated carbocycles. The minimum Gasteiger partial charge on any atom is -0.481 e. The Morgan fingerprint density at radius 2 is 1.90 bits per heavy atom. The molecular formula is C12H17FN2O4S. The van der Waals surface area contributed by atoms with Crippen molar-refractivity contribution in [2.45, 2.75) is 18.9 Å². The van der Waals surface area contributed by atoms with Gasteiger partial charge in [0.1, 0.15) is 5.82 Å². The average molecular weight is 304 g/mol. The van der Waals surface area contributed by atoms with E-state index in [1.165, 1.54) is 38.4 Å². The molecule has 0 spiro atoms. The number of hydrogen-bond donors (Lipinski definition) is 2. The summed E-state index contributed by atoms with van der Waals surface area (Å²) in [6, 6.07) is 4.54. The lowest BCUT2D eigenvalue weighted by Crippen LogP contribution is -2.38. The number of nitrogens with zero attached hydrogens (tertiary/aromatic N) is 1. The number of carboxylic acids is 1. The summed E-state index contributed by atoms with van der Waals surface area (Å²) < 4.78 is 39.9. The SMILES string of the molecule is CN(C)S(=O)(=O)NC(CCC(=O)O)c1ccc(F)cc1. The third-order valence-electron chi connectivity index (χ3n) is 2.69. The summed E-state index contributed by atoms with van der Waals surface area (Å²) in [6.45, 7) is 0. The van der Waals surface area contributed by atoms with Crippen molar-refractivity contribution >= 4 is 16.2 Å². The van der Waals surface area contributed by atoms with Crippen molar-refractivity contribution in [2.75, 3.05) is 14.1 Å². The number of carbonyl (C=O) groups is 1. The Bertz CT molecular complexity index is 557. The van der Waals surface area contributed by atoms with Crippen LogP contribution in [-0.4, -0.2) is 37.9 Å². The van der Waals surface area contributed by atoms with Crippen molar-refractivity contribution in [2.24, 2.45) is 0 Å². The second-order valence-corrected chi connectivity index (χ2v) is 6.36. The van der Waals surface area contributed by atoms with E-state index >= 15 is 0 Å². The lowest BCUT2D eigenvalue weighted by molar-refractivity contribution is -0.137. The third-order valence-corrected chi connectivity index (χ3v) is 4.23. The molecular weight excluding hydrogens is 287 g/mol. The molecule has 0 aliphatic heterocycles. The zero-order valence-electron chi connectivity index (χ0n) is 11.2. The summed E-state index contributed by atoms with van der Waals surface area (Å²) in [5.41, 5.74) is 0.512. The van der Waals surface area contributed by atoms with Crippen LogP contribution < -0.4 is 4.72 Å². The molecule has 0 fully saturated rings. The van der Waals surface area contributed by atoms with Gasteiger partial charge in [-0.15, -0.1) is 0 Å². The minimum absolute atomic E-state index is 0.0774. The molecule has 0 heterocycles. The normalized spacial score (nSPS) is 13.4. The van der Waals surface area contributed by atoms with Gasteiger partial charge in [-0.05, 0) is 24.1 Å². The zero-order valence-corrected chi connectivity index (χ0v) is 12.0. The fourth-order valence-corrected chi connectivity index (χ4v) is 2.37. The summed E-state index contributed by atoms with van der Waals surface area (Å²) in [4.78, 5) is 10.6. The summed E-state index contributed by atoms with van der Waals surface area (Å²) in [7, 11) is -0.982. The van der Waals surface area contributed by atoms with Gasteiger partial charge in [-0.2, -0.15) is 17.4 Å². The van der Waals surface area contributed by atoms with Crippen LogP contribution in [0.5, 0.6) is 0 Å². The quantitative estimate of drug-likeness (QED) is 0.790. The van der Waals surface area contributed by atoms with Gasteiger partial charge in [-0.25, -0.2) is 4.39 Å². The van der Waals surface area contributed by atoms with Gasteiger partial charge in [0.05, 0.1) is 0 Å². The highest BCUT2D eigenvalue weighted by Gasteiger charge is 2.22. The van der Waals surface area contributed by atoms with E-state index < -0.39 is 28.0 Å².